The molecule has 1 aromatic rings. The maximum atomic E-state index is 12.2. The van der Waals surface area contributed by atoms with Gasteiger partial charge in [0.1, 0.15) is 0 Å². The van der Waals surface area contributed by atoms with Gasteiger partial charge in [0, 0.05) is 12.5 Å². The van der Waals surface area contributed by atoms with E-state index in [9.17, 15) is 13.2 Å². The molecule has 0 spiro atoms. The van der Waals surface area contributed by atoms with Gasteiger partial charge in [-0.25, -0.2) is 0 Å². The van der Waals surface area contributed by atoms with Crippen LogP contribution in [0.2, 0.25) is 0 Å². The van der Waals surface area contributed by atoms with Crippen molar-refractivity contribution in [2.75, 3.05) is 13.7 Å². The van der Waals surface area contributed by atoms with E-state index in [1.54, 1.807) is 18.2 Å². The zero-order chi connectivity index (χ0) is 14.5. The molecule has 0 fully saturated rings. The summed E-state index contributed by atoms with van der Waals surface area (Å²) in [4.78, 5) is 0. The smallest absolute Gasteiger partial charge is 0.389 e. The molecule has 0 radical (unpaired) electrons. The quantitative estimate of drug-likeness (QED) is 0.866. The first-order valence-corrected chi connectivity index (χ1v) is 6.00. The van der Waals surface area contributed by atoms with Crippen molar-refractivity contribution in [3.63, 3.8) is 0 Å². The predicted molar refractivity (Wildman–Crippen MR) is 66.4 cm³/mol. The second-order valence-corrected chi connectivity index (χ2v) is 4.10. The fraction of sp³-hybridized carbons (Fsp3) is 0.538. The Kier molecular flexibility index (Phi) is 5.47. The molecule has 0 heterocycles. The van der Waals surface area contributed by atoms with E-state index in [2.05, 4.69) is 0 Å². The maximum absolute atomic E-state index is 12.2. The van der Waals surface area contributed by atoms with Crippen LogP contribution in [0.5, 0.6) is 11.5 Å². The lowest BCUT2D eigenvalue weighted by Gasteiger charge is -2.16. The summed E-state index contributed by atoms with van der Waals surface area (Å²) < 4.78 is 46.9. The van der Waals surface area contributed by atoms with Crippen LogP contribution in [0.1, 0.15) is 31.4 Å². The number of nitrogens with two attached hydrogens (primary N) is 1. The van der Waals surface area contributed by atoms with Gasteiger partial charge in [-0.2, -0.15) is 13.2 Å². The number of methoxy groups -OCH3 is 1. The molecule has 0 aliphatic carbocycles. The molecule has 3 nitrogen and oxygen atoms in total. The van der Waals surface area contributed by atoms with Crippen LogP contribution in [0.4, 0.5) is 13.2 Å². The van der Waals surface area contributed by atoms with Crippen molar-refractivity contribution in [1.29, 1.82) is 0 Å². The standard InChI is InChI=1S/C13H18F3NO2/c1-3-19-12-8-9(4-5-11(12)18-2)10(17)6-7-13(14,15)16/h4-5,8,10H,3,6-7,17H2,1-2H3/t10-/m1/s1. The van der Waals surface area contributed by atoms with Gasteiger partial charge in [-0.05, 0) is 31.0 Å². The number of alkyl halides is 3. The summed E-state index contributed by atoms with van der Waals surface area (Å²) in [6, 6.07) is 4.26. The number of hydrogen-bond acceptors (Lipinski definition) is 3. The van der Waals surface area contributed by atoms with Crippen LogP contribution < -0.4 is 15.2 Å². The Morgan fingerprint density at radius 3 is 2.47 bits per heavy atom. The average Bonchev–Trinajstić information content (AvgIpc) is 2.35. The molecule has 0 saturated carbocycles. The first kappa shape index (κ1) is 15.6. The number of ether oxygens (including phenoxy) is 2. The third-order valence-electron chi connectivity index (χ3n) is 2.65. The number of hydrogen-bond donors (Lipinski definition) is 1. The predicted octanol–water partition coefficient (Wildman–Crippen LogP) is 3.44. The SMILES string of the molecule is CCOc1cc([C@H](N)CCC(F)(F)F)ccc1OC. The van der Waals surface area contributed by atoms with Gasteiger partial charge in [-0.1, -0.05) is 6.07 Å². The average molecular weight is 277 g/mol. The minimum atomic E-state index is -4.19. The maximum Gasteiger partial charge on any atom is 0.389 e. The molecule has 2 N–H and O–H groups in total. The first-order valence-electron chi connectivity index (χ1n) is 6.00. The molecule has 0 unspecified atom stereocenters. The van der Waals surface area contributed by atoms with Crippen LogP contribution in [0, 0.1) is 0 Å². The molecule has 0 bridgehead atoms. The fourth-order valence-electron chi connectivity index (χ4n) is 1.68. The van der Waals surface area contributed by atoms with Crippen molar-refractivity contribution in [1.82, 2.24) is 0 Å². The van der Waals surface area contributed by atoms with Crippen LogP contribution in [0.15, 0.2) is 18.2 Å². The molecule has 1 aromatic carbocycles. The lowest BCUT2D eigenvalue weighted by molar-refractivity contribution is -0.136. The van der Waals surface area contributed by atoms with Crippen molar-refractivity contribution < 1.29 is 22.6 Å². The summed E-state index contributed by atoms with van der Waals surface area (Å²) in [5.41, 5.74) is 6.37. The monoisotopic (exact) mass is 277 g/mol. The van der Waals surface area contributed by atoms with Gasteiger partial charge >= 0.3 is 6.18 Å². The molecule has 0 amide bonds. The Morgan fingerprint density at radius 1 is 1.26 bits per heavy atom. The largest absolute Gasteiger partial charge is 0.493 e. The topological polar surface area (TPSA) is 44.5 Å². The normalized spacial score (nSPS) is 13.2. The minimum absolute atomic E-state index is 0.151. The van der Waals surface area contributed by atoms with Crippen molar-refractivity contribution >= 4 is 0 Å². The van der Waals surface area contributed by atoms with Crippen molar-refractivity contribution in [3.05, 3.63) is 23.8 Å². The summed E-state index contributed by atoms with van der Waals surface area (Å²) in [7, 11) is 1.50. The molecule has 0 aliphatic rings. The zero-order valence-corrected chi connectivity index (χ0v) is 11.0. The van der Waals surface area contributed by atoms with E-state index in [1.807, 2.05) is 6.92 Å². The fourth-order valence-corrected chi connectivity index (χ4v) is 1.68. The van der Waals surface area contributed by atoms with Gasteiger partial charge in [-0.15, -0.1) is 0 Å². The molecular formula is C13H18F3NO2. The van der Waals surface area contributed by atoms with Crippen molar-refractivity contribution in [2.24, 2.45) is 5.73 Å². The van der Waals surface area contributed by atoms with Crippen LogP contribution in [0.3, 0.4) is 0 Å². The Balaban J connectivity index is 2.80. The number of benzene rings is 1. The van der Waals surface area contributed by atoms with Crippen LogP contribution in [-0.4, -0.2) is 19.9 Å². The van der Waals surface area contributed by atoms with Crippen LogP contribution in [-0.2, 0) is 0 Å². The molecule has 1 atom stereocenters. The molecule has 108 valence electrons. The lowest BCUT2D eigenvalue weighted by Crippen LogP contribution is -2.16. The van der Waals surface area contributed by atoms with E-state index < -0.39 is 18.6 Å². The van der Waals surface area contributed by atoms with E-state index in [0.29, 0.717) is 23.7 Å². The van der Waals surface area contributed by atoms with Gasteiger partial charge < -0.3 is 15.2 Å². The Hall–Kier alpha value is -1.43. The van der Waals surface area contributed by atoms with Crippen LogP contribution in [0.25, 0.3) is 0 Å². The highest BCUT2D eigenvalue weighted by Crippen LogP contribution is 2.32. The lowest BCUT2D eigenvalue weighted by atomic mass is 10.0. The van der Waals surface area contributed by atoms with Gasteiger partial charge in [-0.3, -0.25) is 0 Å². The third-order valence-corrected chi connectivity index (χ3v) is 2.65. The summed E-state index contributed by atoms with van der Waals surface area (Å²) in [5.74, 6) is 1.03. The molecule has 19 heavy (non-hydrogen) atoms. The first-order chi connectivity index (χ1) is 8.87. The molecular weight excluding hydrogens is 259 g/mol. The minimum Gasteiger partial charge on any atom is -0.493 e. The van der Waals surface area contributed by atoms with Gasteiger partial charge in [0.15, 0.2) is 11.5 Å². The summed E-state index contributed by atoms with van der Waals surface area (Å²) >= 11 is 0. The van der Waals surface area contributed by atoms with Gasteiger partial charge in [0.2, 0.25) is 0 Å². The van der Waals surface area contributed by atoms with Crippen molar-refractivity contribution in [3.8, 4) is 11.5 Å². The molecule has 0 aromatic heterocycles. The second-order valence-electron chi connectivity index (χ2n) is 4.10. The van der Waals surface area contributed by atoms with Crippen molar-refractivity contribution in [2.45, 2.75) is 32.0 Å². The van der Waals surface area contributed by atoms with E-state index in [1.165, 1.54) is 7.11 Å². The summed E-state index contributed by atoms with van der Waals surface area (Å²) in [6.07, 6.45) is -5.24. The summed E-state index contributed by atoms with van der Waals surface area (Å²) in [5, 5.41) is 0. The van der Waals surface area contributed by atoms with E-state index in [0.717, 1.165) is 0 Å². The second kappa shape index (κ2) is 6.65. The third kappa shape index (κ3) is 4.98. The highest BCUT2D eigenvalue weighted by Gasteiger charge is 2.28. The highest BCUT2D eigenvalue weighted by atomic mass is 19.4. The molecule has 6 heteroatoms. The molecule has 0 aliphatic heterocycles. The zero-order valence-electron chi connectivity index (χ0n) is 11.0. The van der Waals surface area contributed by atoms with Gasteiger partial charge in [0.25, 0.3) is 0 Å². The molecule has 1 rings (SSSR count). The van der Waals surface area contributed by atoms with E-state index in [-0.39, 0.29) is 6.42 Å². The van der Waals surface area contributed by atoms with E-state index in [4.69, 9.17) is 15.2 Å². The van der Waals surface area contributed by atoms with Gasteiger partial charge in [0.05, 0.1) is 13.7 Å². The van der Waals surface area contributed by atoms with Crippen LogP contribution >= 0.6 is 0 Å². The highest BCUT2D eigenvalue weighted by molar-refractivity contribution is 5.43. The molecule has 0 saturated heterocycles. The number of rotatable bonds is 6. The Labute approximate surface area is 110 Å². The number of halogens is 3. The summed E-state index contributed by atoms with van der Waals surface area (Å²) in [6.45, 7) is 2.26. The Morgan fingerprint density at radius 2 is 1.95 bits per heavy atom. The Bertz CT molecular complexity index is 407. The van der Waals surface area contributed by atoms with E-state index >= 15 is 0 Å².